The zero-order chi connectivity index (χ0) is 15.6. The largest absolute Gasteiger partial charge is 0.344 e. The maximum absolute atomic E-state index is 12.8. The first-order valence-corrected chi connectivity index (χ1v) is 8.17. The summed E-state index contributed by atoms with van der Waals surface area (Å²) in [5, 5.41) is 3.39. The molecule has 1 fully saturated rings. The van der Waals surface area contributed by atoms with Crippen LogP contribution in [0.5, 0.6) is 0 Å². The Balaban J connectivity index is 2.39. The van der Waals surface area contributed by atoms with Gasteiger partial charge in [-0.05, 0) is 40.0 Å². The molecule has 1 heterocycles. The molecule has 0 saturated carbocycles. The molecule has 6 heteroatoms. The fraction of sp³-hybridized carbons (Fsp3) is 0.467. The van der Waals surface area contributed by atoms with E-state index in [4.69, 9.17) is 11.6 Å². The first-order chi connectivity index (χ1) is 9.93. The zero-order valence-corrected chi connectivity index (χ0v) is 14.4. The third-order valence-corrected chi connectivity index (χ3v) is 4.73. The quantitative estimate of drug-likeness (QED) is 0.883. The third-order valence-electron chi connectivity index (χ3n) is 3.82. The molecule has 1 aromatic rings. The molecule has 1 aromatic carbocycles. The summed E-state index contributed by atoms with van der Waals surface area (Å²) in [5.74, 6) is -0.0903. The molecule has 0 spiro atoms. The van der Waals surface area contributed by atoms with Crippen LogP contribution in [0.1, 0.15) is 26.7 Å². The van der Waals surface area contributed by atoms with Gasteiger partial charge in [-0.25, -0.2) is 0 Å². The average Bonchev–Trinajstić information content (AvgIpc) is 2.60. The van der Waals surface area contributed by atoms with Gasteiger partial charge < -0.3 is 10.2 Å². The van der Waals surface area contributed by atoms with E-state index in [2.05, 4.69) is 21.2 Å². The van der Waals surface area contributed by atoms with Crippen molar-refractivity contribution in [3.8, 4) is 0 Å². The van der Waals surface area contributed by atoms with E-state index in [1.165, 1.54) is 0 Å². The van der Waals surface area contributed by atoms with Crippen LogP contribution in [0.15, 0.2) is 22.7 Å². The highest BCUT2D eigenvalue weighted by molar-refractivity contribution is 9.10. The predicted octanol–water partition coefficient (Wildman–Crippen LogP) is 3.37. The number of nitrogens with zero attached hydrogens (tertiary/aromatic N) is 1. The van der Waals surface area contributed by atoms with Crippen molar-refractivity contribution in [2.45, 2.75) is 32.7 Å². The van der Waals surface area contributed by atoms with Crippen LogP contribution in [0.3, 0.4) is 0 Å². The first kappa shape index (κ1) is 16.3. The van der Waals surface area contributed by atoms with E-state index in [1.807, 2.05) is 19.9 Å². The van der Waals surface area contributed by atoms with E-state index in [-0.39, 0.29) is 24.2 Å². The number of anilines is 1. The second kappa shape index (κ2) is 6.79. The second-order valence-corrected chi connectivity index (χ2v) is 6.56. The maximum atomic E-state index is 12.8. The molecule has 1 saturated heterocycles. The van der Waals surface area contributed by atoms with E-state index < -0.39 is 6.04 Å². The van der Waals surface area contributed by atoms with Crippen LogP contribution in [-0.4, -0.2) is 24.4 Å². The SMILES string of the molecule is CCC(C)C1NC(=O)CCN(c2cc(Cl)ccc2Br)C1=O. The van der Waals surface area contributed by atoms with Crippen LogP contribution in [-0.2, 0) is 9.59 Å². The highest BCUT2D eigenvalue weighted by atomic mass is 79.9. The Hall–Kier alpha value is -1.07. The lowest BCUT2D eigenvalue weighted by atomic mass is 9.98. The normalized spacial score (nSPS) is 21.0. The highest BCUT2D eigenvalue weighted by Crippen LogP contribution is 2.31. The Morgan fingerprint density at radius 3 is 2.86 bits per heavy atom. The second-order valence-electron chi connectivity index (χ2n) is 5.27. The molecule has 1 aliphatic heterocycles. The van der Waals surface area contributed by atoms with Crippen LogP contribution >= 0.6 is 27.5 Å². The topological polar surface area (TPSA) is 49.4 Å². The summed E-state index contributed by atoms with van der Waals surface area (Å²) >= 11 is 9.49. The fourth-order valence-corrected chi connectivity index (χ4v) is 2.98. The van der Waals surface area contributed by atoms with E-state index in [1.54, 1.807) is 17.0 Å². The lowest BCUT2D eigenvalue weighted by molar-refractivity contribution is -0.126. The summed E-state index contributed by atoms with van der Waals surface area (Å²) < 4.78 is 0.789. The van der Waals surface area contributed by atoms with Gasteiger partial charge in [-0.2, -0.15) is 0 Å². The van der Waals surface area contributed by atoms with E-state index in [0.717, 1.165) is 10.9 Å². The number of halogens is 2. The predicted molar refractivity (Wildman–Crippen MR) is 87.5 cm³/mol. The van der Waals surface area contributed by atoms with Crippen LogP contribution < -0.4 is 10.2 Å². The van der Waals surface area contributed by atoms with Gasteiger partial charge in [-0.3, -0.25) is 9.59 Å². The van der Waals surface area contributed by atoms with Crippen molar-refractivity contribution in [2.24, 2.45) is 5.92 Å². The van der Waals surface area contributed by atoms with Crippen molar-refractivity contribution in [3.05, 3.63) is 27.7 Å². The number of carbonyl (C=O) groups excluding carboxylic acids is 2. The zero-order valence-electron chi connectivity index (χ0n) is 12.0. The molecule has 2 unspecified atom stereocenters. The van der Waals surface area contributed by atoms with Gasteiger partial charge in [-0.1, -0.05) is 31.9 Å². The molecule has 4 nitrogen and oxygen atoms in total. The van der Waals surface area contributed by atoms with Crippen molar-refractivity contribution in [1.82, 2.24) is 5.32 Å². The van der Waals surface area contributed by atoms with Gasteiger partial charge in [0.2, 0.25) is 11.8 Å². The van der Waals surface area contributed by atoms with Crippen molar-refractivity contribution < 1.29 is 9.59 Å². The molecule has 1 N–H and O–H groups in total. The monoisotopic (exact) mass is 372 g/mol. The van der Waals surface area contributed by atoms with Crippen LogP contribution in [0.4, 0.5) is 5.69 Å². The van der Waals surface area contributed by atoms with Crippen LogP contribution in [0.2, 0.25) is 5.02 Å². The Labute approximate surface area is 138 Å². The van der Waals surface area contributed by atoms with Gasteiger partial charge in [0.1, 0.15) is 6.04 Å². The van der Waals surface area contributed by atoms with Crippen LogP contribution in [0.25, 0.3) is 0 Å². The number of rotatable bonds is 3. The fourth-order valence-electron chi connectivity index (χ4n) is 2.35. The van der Waals surface area contributed by atoms with Crippen molar-refractivity contribution in [2.75, 3.05) is 11.4 Å². The summed E-state index contributed by atoms with van der Waals surface area (Å²) in [6.07, 6.45) is 1.11. The van der Waals surface area contributed by atoms with E-state index in [0.29, 0.717) is 17.3 Å². The molecule has 1 aliphatic rings. The van der Waals surface area contributed by atoms with Gasteiger partial charge in [0.05, 0.1) is 5.69 Å². The number of amides is 2. The summed E-state index contributed by atoms with van der Waals surface area (Å²) in [6.45, 7) is 4.34. The molecule has 21 heavy (non-hydrogen) atoms. The minimum absolute atomic E-state index is 0.0833. The first-order valence-electron chi connectivity index (χ1n) is 6.99. The maximum Gasteiger partial charge on any atom is 0.249 e. The molecule has 0 aliphatic carbocycles. The Morgan fingerprint density at radius 1 is 1.48 bits per heavy atom. The molecular formula is C15H18BrClN2O2. The van der Waals surface area contributed by atoms with Crippen molar-refractivity contribution in [1.29, 1.82) is 0 Å². The Morgan fingerprint density at radius 2 is 2.19 bits per heavy atom. The number of hydrogen-bond acceptors (Lipinski definition) is 2. The lowest BCUT2D eigenvalue weighted by Crippen LogP contribution is -2.48. The standard InChI is InChI=1S/C15H18BrClN2O2/c1-3-9(2)14-15(21)19(7-6-13(20)18-14)12-8-10(17)4-5-11(12)16/h4-5,8-9,14H,3,6-7H2,1-2H3,(H,18,20). The third kappa shape index (κ3) is 3.58. The molecule has 114 valence electrons. The van der Waals surface area contributed by atoms with Gasteiger partial charge >= 0.3 is 0 Å². The highest BCUT2D eigenvalue weighted by Gasteiger charge is 2.34. The molecular weight excluding hydrogens is 356 g/mol. The number of carbonyl (C=O) groups is 2. The Kier molecular flexibility index (Phi) is 5.27. The molecule has 2 amide bonds. The van der Waals surface area contributed by atoms with Gasteiger partial charge in [0.25, 0.3) is 0 Å². The minimum Gasteiger partial charge on any atom is -0.344 e. The molecule has 0 bridgehead atoms. The molecule has 2 atom stereocenters. The molecule has 2 rings (SSSR count). The van der Waals surface area contributed by atoms with E-state index >= 15 is 0 Å². The average molecular weight is 374 g/mol. The smallest absolute Gasteiger partial charge is 0.249 e. The number of hydrogen-bond donors (Lipinski definition) is 1. The van der Waals surface area contributed by atoms with Gasteiger partial charge in [0, 0.05) is 22.5 Å². The summed E-state index contributed by atoms with van der Waals surface area (Å²) in [4.78, 5) is 26.3. The minimum atomic E-state index is -0.490. The van der Waals surface area contributed by atoms with Gasteiger partial charge in [-0.15, -0.1) is 0 Å². The Bertz CT molecular complexity index is 565. The summed E-state index contributed by atoms with van der Waals surface area (Å²) in [5.41, 5.74) is 0.706. The van der Waals surface area contributed by atoms with Crippen molar-refractivity contribution >= 4 is 45.0 Å². The summed E-state index contributed by atoms with van der Waals surface area (Å²) in [6, 6.07) is 4.82. The number of benzene rings is 1. The molecule has 0 aromatic heterocycles. The lowest BCUT2D eigenvalue weighted by Gasteiger charge is -2.28. The molecule has 0 radical (unpaired) electrons. The van der Waals surface area contributed by atoms with Gasteiger partial charge in [0.15, 0.2) is 0 Å². The van der Waals surface area contributed by atoms with Crippen molar-refractivity contribution in [3.63, 3.8) is 0 Å². The number of nitrogens with one attached hydrogen (secondary N) is 1. The van der Waals surface area contributed by atoms with Crippen LogP contribution in [0, 0.1) is 5.92 Å². The summed E-state index contributed by atoms with van der Waals surface area (Å²) in [7, 11) is 0. The van der Waals surface area contributed by atoms with E-state index in [9.17, 15) is 9.59 Å².